The predicted molar refractivity (Wildman–Crippen MR) is 113 cm³/mol. The van der Waals surface area contributed by atoms with E-state index in [2.05, 4.69) is 16.1 Å². The van der Waals surface area contributed by atoms with Crippen molar-refractivity contribution in [3.63, 3.8) is 0 Å². The summed E-state index contributed by atoms with van der Waals surface area (Å²) < 4.78 is 40.2. The van der Waals surface area contributed by atoms with E-state index in [-0.39, 0.29) is 64.5 Å². The summed E-state index contributed by atoms with van der Waals surface area (Å²) in [6, 6.07) is 1.59. The van der Waals surface area contributed by atoms with E-state index < -0.39 is 28.0 Å². The third kappa shape index (κ3) is 5.24. The molecule has 1 unspecified atom stereocenters. The molecular weight excluding hydrogens is 420 g/mol. The van der Waals surface area contributed by atoms with Crippen LogP contribution in [0.5, 0.6) is 0 Å². The van der Waals surface area contributed by atoms with Gasteiger partial charge in [0.2, 0.25) is 10.0 Å². The maximum atomic E-state index is 12.7. The maximum absolute atomic E-state index is 12.7. The standard InChI is InChI=1S/C20H28FN3O3S.K/c21-9-11-24-10-3-6-16(13-24)28(26,27)23-20(25)22-19-17-7-1-4-14(17)12-15-5-2-8-18(15)19;/h12,16H,1-11,13H2,(H2,22,23,25);. The molecule has 1 heterocycles. The van der Waals surface area contributed by atoms with Gasteiger partial charge in [0.05, 0.1) is 5.25 Å². The van der Waals surface area contributed by atoms with Crippen molar-refractivity contribution in [1.29, 1.82) is 0 Å². The van der Waals surface area contributed by atoms with E-state index in [0.29, 0.717) is 19.4 Å². The second-order valence-electron chi connectivity index (χ2n) is 8.09. The molecule has 3 aliphatic rings. The van der Waals surface area contributed by atoms with Crippen LogP contribution < -0.4 is 10.0 Å². The molecule has 4 rings (SSSR count). The van der Waals surface area contributed by atoms with Gasteiger partial charge in [0.25, 0.3) is 0 Å². The minimum Gasteiger partial charge on any atom is -0.307 e. The fraction of sp³-hybridized carbons (Fsp3) is 0.650. The topological polar surface area (TPSA) is 78.5 Å². The summed E-state index contributed by atoms with van der Waals surface area (Å²) in [6.45, 7) is 0.707. The van der Waals surface area contributed by atoms with Crippen LogP contribution in [0.4, 0.5) is 14.9 Å². The van der Waals surface area contributed by atoms with E-state index in [1.165, 1.54) is 22.3 Å². The van der Waals surface area contributed by atoms with Crippen LogP contribution in [-0.4, -0.2) is 102 Å². The molecule has 6 nitrogen and oxygen atoms in total. The first-order valence-corrected chi connectivity index (χ1v) is 11.8. The zero-order valence-corrected chi connectivity index (χ0v) is 21.0. The number of anilines is 1. The molecule has 29 heavy (non-hydrogen) atoms. The van der Waals surface area contributed by atoms with Gasteiger partial charge in [-0.25, -0.2) is 22.3 Å². The van der Waals surface area contributed by atoms with Crippen LogP contribution in [0.15, 0.2) is 6.07 Å². The number of urea groups is 1. The molecule has 2 N–H and O–H groups in total. The third-order valence-electron chi connectivity index (χ3n) is 6.25. The van der Waals surface area contributed by atoms with Gasteiger partial charge in [0, 0.05) is 70.2 Å². The molecule has 9 heteroatoms. The fourth-order valence-electron chi connectivity index (χ4n) is 4.91. The molecule has 1 aromatic rings. The molecule has 1 saturated heterocycles. The molecule has 0 saturated carbocycles. The SMILES string of the molecule is O=C(Nc1c2c(cc3c1CCC3)CCC2)NS(=O)(=O)C1CCCN(CCF)C1.[K]. The zero-order valence-electron chi connectivity index (χ0n) is 17.1. The van der Waals surface area contributed by atoms with Crippen molar-refractivity contribution in [2.45, 2.75) is 56.6 Å². The molecule has 1 atom stereocenters. The van der Waals surface area contributed by atoms with E-state index in [1.54, 1.807) is 0 Å². The number of fused-ring (bicyclic) bond motifs is 2. The van der Waals surface area contributed by atoms with E-state index in [4.69, 9.17) is 0 Å². The molecule has 0 spiro atoms. The Morgan fingerprint density at radius 1 is 1.10 bits per heavy atom. The molecule has 2 aliphatic carbocycles. The number of carbonyl (C=O) groups excluding carboxylic acids is 1. The molecular formula is C20H28FKN3O3S. The number of hydrogen-bond acceptors (Lipinski definition) is 4. The van der Waals surface area contributed by atoms with Crippen molar-refractivity contribution in [3.8, 4) is 0 Å². The Hall–Kier alpha value is -0.0336. The maximum Gasteiger partial charge on any atom is 0.332 e. The van der Waals surface area contributed by atoms with Gasteiger partial charge in [-0.15, -0.1) is 0 Å². The smallest absolute Gasteiger partial charge is 0.307 e. The Labute approximate surface area is 214 Å². The summed E-state index contributed by atoms with van der Waals surface area (Å²) in [5.41, 5.74) is 5.73. The van der Waals surface area contributed by atoms with Crippen LogP contribution in [0.25, 0.3) is 0 Å². The van der Waals surface area contributed by atoms with Gasteiger partial charge in [-0.3, -0.25) is 4.90 Å². The van der Waals surface area contributed by atoms with E-state index in [1.807, 2.05) is 4.90 Å². The molecule has 2 amide bonds. The van der Waals surface area contributed by atoms with Crippen molar-refractivity contribution in [2.24, 2.45) is 0 Å². The Kier molecular flexibility index (Phi) is 8.19. The zero-order chi connectivity index (χ0) is 19.7. The average Bonchev–Trinajstić information content (AvgIpc) is 3.30. The van der Waals surface area contributed by atoms with Crippen LogP contribution in [-0.2, 0) is 35.7 Å². The number of alkyl halides is 1. The van der Waals surface area contributed by atoms with Crippen LogP contribution in [0.3, 0.4) is 0 Å². The number of sulfonamides is 1. The van der Waals surface area contributed by atoms with Gasteiger partial charge >= 0.3 is 6.03 Å². The summed E-state index contributed by atoms with van der Waals surface area (Å²) in [6.07, 6.45) is 7.19. The number of piperidine rings is 1. The molecule has 0 aromatic heterocycles. The summed E-state index contributed by atoms with van der Waals surface area (Å²) in [4.78, 5) is 14.4. The van der Waals surface area contributed by atoms with Crippen molar-refractivity contribution in [2.75, 3.05) is 31.6 Å². The first-order valence-electron chi connectivity index (χ1n) is 10.3. The summed E-state index contributed by atoms with van der Waals surface area (Å²) in [5, 5.41) is 2.18. The monoisotopic (exact) mass is 448 g/mol. The Morgan fingerprint density at radius 2 is 1.76 bits per heavy atom. The third-order valence-corrected chi connectivity index (χ3v) is 7.98. The van der Waals surface area contributed by atoms with E-state index in [9.17, 15) is 17.6 Å². The molecule has 0 bridgehead atoms. The van der Waals surface area contributed by atoms with Crippen molar-refractivity contribution in [1.82, 2.24) is 9.62 Å². The molecule has 1 aromatic carbocycles. The quantitative estimate of drug-likeness (QED) is 0.677. The molecule has 1 fully saturated rings. The number of nitrogens with zero attached hydrogens (tertiary/aromatic N) is 1. The van der Waals surface area contributed by atoms with Gasteiger partial charge in [-0.05, 0) is 80.2 Å². The van der Waals surface area contributed by atoms with Gasteiger partial charge in [0.1, 0.15) is 6.67 Å². The summed E-state index contributed by atoms with van der Waals surface area (Å²) in [5.74, 6) is 0. The number of nitrogens with one attached hydrogen (secondary N) is 2. The first kappa shape index (κ1) is 23.6. The minimum atomic E-state index is -3.81. The van der Waals surface area contributed by atoms with Crippen molar-refractivity contribution >= 4 is 73.1 Å². The molecule has 155 valence electrons. The van der Waals surface area contributed by atoms with Crippen LogP contribution >= 0.6 is 0 Å². The number of rotatable bonds is 5. The van der Waals surface area contributed by atoms with Gasteiger partial charge in [0.15, 0.2) is 0 Å². The van der Waals surface area contributed by atoms with Crippen molar-refractivity contribution in [3.05, 3.63) is 28.3 Å². The first-order chi connectivity index (χ1) is 13.5. The second kappa shape index (κ2) is 10.1. The van der Waals surface area contributed by atoms with Gasteiger partial charge < -0.3 is 5.32 Å². The number of likely N-dealkylation sites (tertiary alicyclic amines) is 1. The van der Waals surface area contributed by atoms with E-state index >= 15 is 0 Å². The normalized spacial score (nSPS) is 21.2. The van der Waals surface area contributed by atoms with Gasteiger partial charge in [-0.2, -0.15) is 0 Å². The Bertz CT molecular complexity index is 844. The van der Waals surface area contributed by atoms with E-state index in [0.717, 1.165) is 44.2 Å². The molecule has 1 radical (unpaired) electrons. The summed E-state index contributed by atoms with van der Waals surface area (Å²) >= 11 is 0. The number of aryl methyl sites for hydroxylation is 2. The Balaban J connectivity index is 0.00000240. The fourth-order valence-corrected chi connectivity index (χ4v) is 6.27. The average molecular weight is 449 g/mol. The second-order valence-corrected chi connectivity index (χ2v) is 10.0. The predicted octanol–water partition coefficient (Wildman–Crippen LogP) is 2.17. The number of benzene rings is 1. The molecule has 1 aliphatic heterocycles. The van der Waals surface area contributed by atoms with Gasteiger partial charge in [-0.1, -0.05) is 6.07 Å². The Morgan fingerprint density at radius 3 is 2.38 bits per heavy atom. The minimum absolute atomic E-state index is 0. The number of carbonyl (C=O) groups is 1. The number of halogens is 1. The van der Waals surface area contributed by atoms with Crippen LogP contribution in [0.2, 0.25) is 0 Å². The number of amides is 2. The number of hydrogen-bond donors (Lipinski definition) is 2. The van der Waals surface area contributed by atoms with Crippen LogP contribution in [0, 0.1) is 0 Å². The summed E-state index contributed by atoms with van der Waals surface area (Å²) in [7, 11) is -3.81. The van der Waals surface area contributed by atoms with Crippen LogP contribution in [0.1, 0.15) is 47.9 Å². The van der Waals surface area contributed by atoms with Crippen molar-refractivity contribution < 1.29 is 17.6 Å². The largest absolute Gasteiger partial charge is 0.332 e.